The number of para-hydroxylation sites is 1. The fourth-order valence-electron chi connectivity index (χ4n) is 4.60. The Morgan fingerprint density at radius 3 is 2.04 bits per heavy atom. The van der Waals surface area contributed by atoms with Gasteiger partial charge in [-0.15, -0.1) is 0 Å². The minimum absolute atomic E-state index is 0.528. The van der Waals surface area contributed by atoms with Gasteiger partial charge in [0.1, 0.15) is 23.0 Å². The van der Waals surface area contributed by atoms with Crippen LogP contribution in [0.5, 0.6) is 23.0 Å². The largest absolute Gasteiger partial charge is 0.457 e. The molecule has 1 unspecified atom stereocenters. The van der Waals surface area contributed by atoms with Crippen LogP contribution >= 0.6 is 11.6 Å². The van der Waals surface area contributed by atoms with E-state index in [4.69, 9.17) is 21.1 Å². The highest BCUT2D eigenvalue weighted by Gasteiger charge is 2.50. The maximum atomic E-state index is 6.33. The van der Waals surface area contributed by atoms with E-state index in [1.165, 1.54) is 5.56 Å². The summed E-state index contributed by atoms with van der Waals surface area (Å²) < 4.78 is 12.6. The summed E-state index contributed by atoms with van der Waals surface area (Å²) in [5, 5.41) is 0.655. The Labute approximate surface area is 167 Å². The lowest BCUT2D eigenvalue weighted by molar-refractivity contribution is 0.385. The van der Waals surface area contributed by atoms with Crippen LogP contribution in [0, 0.1) is 0 Å². The molecule has 2 aliphatic heterocycles. The van der Waals surface area contributed by atoms with Gasteiger partial charge < -0.3 is 9.47 Å². The molecule has 3 heteroatoms. The van der Waals surface area contributed by atoms with Crippen LogP contribution in [0.1, 0.15) is 22.3 Å². The number of halogens is 1. The van der Waals surface area contributed by atoms with Crippen molar-refractivity contribution in [2.75, 3.05) is 0 Å². The van der Waals surface area contributed by atoms with Crippen molar-refractivity contribution in [3.63, 3.8) is 0 Å². The normalized spacial score (nSPS) is 18.2. The summed E-state index contributed by atoms with van der Waals surface area (Å²) >= 11 is 6.33. The van der Waals surface area contributed by atoms with Crippen LogP contribution in [0.25, 0.3) is 0 Å². The number of hydrogen-bond donors (Lipinski definition) is 0. The minimum Gasteiger partial charge on any atom is -0.457 e. The van der Waals surface area contributed by atoms with E-state index in [1.807, 2.05) is 48.5 Å². The highest BCUT2D eigenvalue weighted by Crippen LogP contribution is 2.62. The van der Waals surface area contributed by atoms with Gasteiger partial charge in [-0.1, -0.05) is 72.3 Å². The lowest BCUT2D eigenvalue weighted by Gasteiger charge is -2.45. The van der Waals surface area contributed by atoms with Crippen molar-refractivity contribution in [2.24, 2.45) is 0 Å². The van der Waals surface area contributed by atoms with Crippen molar-refractivity contribution in [1.29, 1.82) is 0 Å². The fourth-order valence-corrected chi connectivity index (χ4v) is 4.76. The second-order valence-corrected chi connectivity index (χ2v) is 7.52. The molecular weight excluding hydrogens is 368 g/mol. The second-order valence-electron chi connectivity index (χ2n) is 7.09. The van der Waals surface area contributed by atoms with Crippen LogP contribution in [-0.2, 0) is 5.41 Å². The average molecular weight is 383 g/mol. The molecule has 28 heavy (non-hydrogen) atoms. The first-order chi connectivity index (χ1) is 13.8. The van der Waals surface area contributed by atoms with Crippen LogP contribution < -0.4 is 9.47 Å². The molecule has 0 spiro atoms. The number of fused-ring (bicyclic) bond motifs is 4. The van der Waals surface area contributed by atoms with Gasteiger partial charge in [-0.3, -0.25) is 0 Å². The van der Waals surface area contributed by atoms with Crippen molar-refractivity contribution >= 4 is 11.6 Å². The molecule has 2 nitrogen and oxygen atoms in total. The monoisotopic (exact) mass is 382 g/mol. The van der Waals surface area contributed by atoms with Crippen LogP contribution in [0.3, 0.4) is 0 Å². The molecule has 2 aliphatic rings. The minimum atomic E-state index is -0.528. The van der Waals surface area contributed by atoms with Crippen molar-refractivity contribution in [3.05, 3.63) is 118 Å². The topological polar surface area (TPSA) is 18.5 Å². The number of rotatable bonds is 1. The maximum absolute atomic E-state index is 6.33. The summed E-state index contributed by atoms with van der Waals surface area (Å²) in [6.07, 6.45) is 0. The van der Waals surface area contributed by atoms with Crippen molar-refractivity contribution in [3.8, 4) is 23.0 Å². The molecule has 0 aliphatic carbocycles. The van der Waals surface area contributed by atoms with Gasteiger partial charge in [-0.25, -0.2) is 0 Å². The van der Waals surface area contributed by atoms with Gasteiger partial charge >= 0.3 is 0 Å². The van der Waals surface area contributed by atoms with Crippen molar-refractivity contribution in [2.45, 2.75) is 5.41 Å². The summed E-state index contributed by atoms with van der Waals surface area (Å²) in [7, 11) is 0. The third kappa shape index (κ3) is 1.93. The predicted molar refractivity (Wildman–Crippen MR) is 110 cm³/mol. The Hall–Kier alpha value is -3.23. The smallest absolute Gasteiger partial charge is 0.135 e. The van der Waals surface area contributed by atoms with E-state index in [0.717, 1.165) is 39.7 Å². The molecule has 0 fully saturated rings. The fraction of sp³-hybridized carbons (Fsp3) is 0.0400. The Bertz CT molecular complexity index is 1230. The molecule has 0 amide bonds. The first-order valence-electron chi connectivity index (χ1n) is 9.23. The molecule has 1 atom stereocenters. The van der Waals surface area contributed by atoms with Gasteiger partial charge in [-0.05, 0) is 35.9 Å². The first-order valence-corrected chi connectivity index (χ1v) is 9.60. The van der Waals surface area contributed by atoms with Gasteiger partial charge in [0.2, 0.25) is 0 Å². The molecule has 0 aromatic heterocycles. The number of benzene rings is 4. The molecule has 0 saturated heterocycles. The predicted octanol–water partition coefficient (Wildman–Crippen LogP) is 6.93. The van der Waals surface area contributed by atoms with E-state index in [-0.39, 0.29) is 0 Å². The lowest BCUT2D eigenvalue weighted by atomic mass is 9.62. The Balaban J connectivity index is 1.85. The molecular formula is C25H15ClO2. The Morgan fingerprint density at radius 2 is 1.21 bits per heavy atom. The van der Waals surface area contributed by atoms with Gasteiger partial charge in [0, 0.05) is 16.1 Å². The third-order valence-electron chi connectivity index (χ3n) is 5.65. The van der Waals surface area contributed by atoms with E-state index < -0.39 is 5.41 Å². The molecule has 0 N–H and O–H groups in total. The van der Waals surface area contributed by atoms with E-state index in [0.29, 0.717) is 5.02 Å². The summed E-state index contributed by atoms with van der Waals surface area (Å²) in [5.74, 6) is 3.25. The van der Waals surface area contributed by atoms with Crippen LogP contribution in [-0.4, -0.2) is 0 Å². The highest BCUT2D eigenvalue weighted by molar-refractivity contribution is 6.30. The molecule has 4 aromatic carbocycles. The molecule has 0 saturated carbocycles. The third-order valence-corrected chi connectivity index (χ3v) is 5.88. The van der Waals surface area contributed by atoms with E-state index >= 15 is 0 Å². The van der Waals surface area contributed by atoms with Crippen molar-refractivity contribution in [1.82, 2.24) is 0 Å². The summed E-state index contributed by atoms with van der Waals surface area (Å²) in [5.41, 5.74) is 3.85. The summed E-state index contributed by atoms with van der Waals surface area (Å²) in [6.45, 7) is 0. The van der Waals surface area contributed by atoms with E-state index in [9.17, 15) is 0 Å². The lowest BCUT2D eigenvalue weighted by Crippen LogP contribution is -2.36. The number of hydrogen-bond acceptors (Lipinski definition) is 2. The number of ether oxygens (including phenoxy) is 2. The molecule has 6 rings (SSSR count). The SMILES string of the molecule is Clc1ccc2c(c1)Oc1cccc3c1C2(c1ccccc1)c1ccccc1O3. The van der Waals surface area contributed by atoms with Crippen molar-refractivity contribution < 1.29 is 9.47 Å². The Kier molecular flexibility index (Phi) is 3.18. The second kappa shape index (κ2) is 5.63. The van der Waals surface area contributed by atoms with Gasteiger partial charge in [0.15, 0.2) is 0 Å². The molecule has 4 aromatic rings. The summed E-state index contributed by atoms with van der Waals surface area (Å²) in [6, 6.07) is 30.7. The Morgan fingerprint density at radius 1 is 0.571 bits per heavy atom. The zero-order valence-electron chi connectivity index (χ0n) is 14.9. The van der Waals surface area contributed by atoms with E-state index in [1.54, 1.807) is 0 Å². The van der Waals surface area contributed by atoms with Gasteiger partial charge in [0.25, 0.3) is 0 Å². The van der Waals surface area contributed by atoms with Crippen LogP contribution in [0.15, 0.2) is 91.0 Å². The first kappa shape index (κ1) is 15.8. The molecule has 134 valence electrons. The molecule has 0 bridgehead atoms. The standard InChI is InChI=1S/C25H15ClO2/c26-17-13-14-19-23(15-17)28-22-12-6-11-21-24(22)25(19,16-7-2-1-3-8-16)18-9-4-5-10-20(18)27-21/h1-15H. The summed E-state index contributed by atoms with van der Waals surface area (Å²) in [4.78, 5) is 0. The van der Waals surface area contributed by atoms with Crippen LogP contribution in [0.4, 0.5) is 0 Å². The molecule has 0 radical (unpaired) electrons. The maximum Gasteiger partial charge on any atom is 0.135 e. The zero-order chi connectivity index (χ0) is 18.7. The van der Waals surface area contributed by atoms with E-state index in [2.05, 4.69) is 42.5 Å². The quantitative estimate of drug-likeness (QED) is 0.307. The molecule has 2 heterocycles. The average Bonchev–Trinajstić information content (AvgIpc) is 2.74. The zero-order valence-corrected chi connectivity index (χ0v) is 15.6. The van der Waals surface area contributed by atoms with Crippen LogP contribution in [0.2, 0.25) is 5.02 Å². The van der Waals surface area contributed by atoms with Gasteiger partial charge in [-0.2, -0.15) is 0 Å². The van der Waals surface area contributed by atoms with Gasteiger partial charge in [0.05, 0.1) is 11.0 Å². The highest BCUT2D eigenvalue weighted by atomic mass is 35.5.